The number of rotatable bonds is 4. The largest absolute Gasteiger partial charge is 0.474 e. The van der Waals surface area contributed by atoms with Gasteiger partial charge in [0.05, 0.1) is 5.69 Å². The number of hydrogen-bond acceptors (Lipinski definition) is 5. The summed E-state index contributed by atoms with van der Waals surface area (Å²) in [6, 6.07) is 11.3. The van der Waals surface area contributed by atoms with Crippen molar-refractivity contribution in [2.75, 3.05) is 13.1 Å². The molecule has 3 heterocycles. The van der Waals surface area contributed by atoms with Crippen LogP contribution in [0.15, 0.2) is 48.8 Å². The molecule has 2 aromatic heterocycles. The Labute approximate surface area is 164 Å². The number of aromatic nitrogens is 4. The number of nitrogens with zero attached hydrogens (tertiary/aromatic N) is 5. The molecule has 1 amide bonds. The number of carbonyl (C=O) groups is 1. The summed E-state index contributed by atoms with van der Waals surface area (Å²) in [6.07, 6.45) is 5.22. The van der Waals surface area contributed by atoms with Gasteiger partial charge in [-0.15, -0.1) is 0 Å². The highest BCUT2D eigenvalue weighted by Crippen LogP contribution is 2.20. The smallest absolute Gasteiger partial charge is 0.253 e. The summed E-state index contributed by atoms with van der Waals surface area (Å²) in [5.74, 6) is 1.36. The Balaban J connectivity index is 1.38. The van der Waals surface area contributed by atoms with E-state index in [1.807, 2.05) is 61.3 Å². The van der Waals surface area contributed by atoms with Crippen molar-refractivity contribution in [2.45, 2.75) is 32.8 Å². The molecule has 7 nitrogen and oxygen atoms in total. The molecule has 144 valence electrons. The second-order valence-electron chi connectivity index (χ2n) is 7.01. The zero-order chi connectivity index (χ0) is 19.5. The van der Waals surface area contributed by atoms with Crippen molar-refractivity contribution in [1.82, 2.24) is 24.6 Å². The van der Waals surface area contributed by atoms with Crippen LogP contribution in [0, 0.1) is 13.8 Å². The fraction of sp³-hybridized carbons (Fsp3) is 0.333. The molecule has 0 saturated carbocycles. The van der Waals surface area contributed by atoms with Gasteiger partial charge in [-0.1, -0.05) is 6.07 Å². The van der Waals surface area contributed by atoms with E-state index in [0.717, 1.165) is 24.2 Å². The zero-order valence-electron chi connectivity index (χ0n) is 16.1. The molecule has 1 aliphatic rings. The van der Waals surface area contributed by atoms with Crippen LogP contribution in [0.2, 0.25) is 0 Å². The lowest BCUT2D eigenvalue weighted by molar-refractivity contribution is 0.0587. The molecule has 4 rings (SSSR count). The number of hydrogen-bond donors (Lipinski definition) is 0. The normalized spacial score (nSPS) is 14.9. The van der Waals surface area contributed by atoms with Gasteiger partial charge in [-0.3, -0.25) is 4.79 Å². The summed E-state index contributed by atoms with van der Waals surface area (Å²) >= 11 is 0. The van der Waals surface area contributed by atoms with Crippen molar-refractivity contribution in [2.24, 2.45) is 0 Å². The maximum Gasteiger partial charge on any atom is 0.253 e. The Morgan fingerprint density at radius 3 is 2.64 bits per heavy atom. The van der Waals surface area contributed by atoms with Gasteiger partial charge in [0.1, 0.15) is 11.9 Å². The van der Waals surface area contributed by atoms with Gasteiger partial charge in [0.2, 0.25) is 5.88 Å². The van der Waals surface area contributed by atoms with Crippen molar-refractivity contribution in [1.29, 1.82) is 0 Å². The molecule has 0 radical (unpaired) electrons. The molecule has 1 aliphatic heterocycles. The predicted molar refractivity (Wildman–Crippen MR) is 105 cm³/mol. The average Bonchev–Trinajstić information content (AvgIpc) is 3.22. The standard InChI is InChI=1S/C21H23N5O2/c1-15-13-20(24-16(2)23-15)28-19-7-11-25(12-8-19)21(27)17-5-3-6-18(14-17)26-10-4-9-22-26/h3-6,9-10,13-14,19H,7-8,11-12H2,1-2H3. The Bertz CT molecular complexity index is 942. The summed E-state index contributed by atoms with van der Waals surface area (Å²) in [5.41, 5.74) is 2.45. The first-order chi connectivity index (χ1) is 13.6. The van der Waals surface area contributed by atoms with Crippen LogP contribution >= 0.6 is 0 Å². The van der Waals surface area contributed by atoms with Crippen LogP contribution < -0.4 is 4.74 Å². The maximum absolute atomic E-state index is 12.9. The van der Waals surface area contributed by atoms with E-state index in [-0.39, 0.29) is 12.0 Å². The summed E-state index contributed by atoms with van der Waals surface area (Å²) in [7, 11) is 0. The van der Waals surface area contributed by atoms with Crippen LogP contribution in [0.25, 0.3) is 5.69 Å². The molecule has 7 heteroatoms. The molecule has 0 bridgehead atoms. The highest BCUT2D eigenvalue weighted by molar-refractivity contribution is 5.94. The second kappa shape index (κ2) is 7.80. The van der Waals surface area contributed by atoms with Crippen LogP contribution in [0.4, 0.5) is 0 Å². The van der Waals surface area contributed by atoms with E-state index in [9.17, 15) is 4.79 Å². The molecule has 28 heavy (non-hydrogen) atoms. The molecule has 0 aliphatic carbocycles. The average molecular weight is 377 g/mol. The Kier molecular flexibility index (Phi) is 5.06. The van der Waals surface area contributed by atoms with Crippen LogP contribution in [-0.2, 0) is 0 Å². The molecular formula is C21H23N5O2. The first-order valence-corrected chi connectivity index (χ1v) is 9.47. The van der Waals surface area contributed by atoms with Crippen molar-refractivity contribution >= 4 is 5.91 Å². The molecule has 0 atom stereocenters. The highest BCUT2D eigenvalue weighted by Gasteiger charge is 2.25. The molecule has 0 N–H and O–H groups in total. The van der Waals surface area contributed by atoms with Crippen molar-refractivity contribution < 1.29 is 9.53 Å². The van der Waals surface area contributed by atoms with Crippen molar-refractivity contribution in [3.63, 3.8) is 0 Å². The van der Waals surface area contributed by atoms with E-state index in [2.05, 4.69) is 15.1 Å². The summed E-state index contributed by atoms with van der Waals surface area (Å²) in [5, 5.41) is 4.23. The van der Waals surface area contributed by atoms with Crippen LogP contribution in [-0.4, -0.2) is 49.7 Å². The monoisotopic (exact) mass is 377 g/mol. The SMILES string of the molecule is Cc1cc(OC2CCN(C(=O)c3cccc(-n4cccn4)c3)CC2)nc(C)n1. The number of piperidine rings is 1. The van der Waals surface area contributed by atoms with Gasteiger partial charge >= 0.3 is 0 Å². The molecular weight excluding hydrogens is 354 g/mol. The fourth-order valence-electron chi connectivity index (χ4n) is 3.48. The van der Waals surface area contributed by atoms with Gasteiger partial charge < -0.3 is 9.64 Å². The van der Waals surface area contributed by atoms with E-state index >= 15 is 0 Å². The Morgan fingerprint density at radius 2 is 1.93 bits per heavy atom. The number of amides is 1. The summed E-state index contributed by atoms with van der Waals surface area (Å²) in [6.45, 7) is 5.12. The predicted octanol–water partition coefficient (Wildman–Crippen LogP) is 2.96. The number of aryl methyl sites for hydroxylation is 2. The summed E-state index contributed by atoms with van der Waals surface area (Å²) < 4.78 is 7.77. The highest BCUT2D eigenvalue weighted by atomic mass is 16.5. The van der Waals surface area contributed by atoms with E-state index in [0.29, 0.717) is 30.4 Å². The van der Waals surface area contributed by atoms with Gasteiger partial charge in [0.15, 0.2) is 0 Å². The molecule has 1 aromatic carbocycles. The third kappa shape index (κ3) is 4.03. The van der Waals surface area contributed by atoms with Gasteiger partial charge in [-0.05, 0) is 38.1 Å². The lowest BCUT2D eigenvalue weighted by atomic mass is 10.1. The minimum absolute atomic E-state index is 0.0428. The third-order valence-corrected chi connectivity index (χ3v) is 4.82. The van der Waals surface area contributed by atoms with Crippen molar-refractivity contribution in [3.05, 3.63) is 65.9 Å². The minimum atomic E-state index is 0.0428. The van der Waals surface area contributed by atoms with Gasteiger partial charge in [-0.25, -0.2) is 9.67 Å². The first kappa shape index (κ1) is 18.2. The molecule has 1 fully saturated rings. The fourth-order valence-corrected chi connectivity index (χ4v) is 3.48. The molecule has 1 saturated heterocycles. The summed E-state index contributed by atoms with van der Waals surface area (Å²) in [4.78, 5) is 23.4. The first-order valence-electron chi connectivity index (χ1n) is 9.47. The van der Waals surface area contributed by atoms with Crippen LogP contribution in [0.1, 0.15) is 34.7 Å². The minimum Gasteiger partial charge on any atom is -0.474 e. The van der Waals surface area contributed by atoms with E-state index in [1.54, 1.807) is 10.9 Å². The van der Waals surface area contributed by atoms with Gasteiger partial charge in [-0.2, -0.15) is 10.1 Å². The molecule has 0 spiro atoms. The number of benzene rings is 1. The number of likely N-dealkylation sites (tertiary alicyclic amines) is 1. The van der Waals surface area contributed by atoms with E-state index in [1.165, 1.54) is 0 Å². The van der Waals surface area contributed by atoms with Crippen LogP contribution in [0.3, 0.4) is 0 Å². The lowest BCUT2D eigenvalue weighted by Crippen LogP contribution is -2.41. The quantitative estimate of drug-likeness (QED) is 0.699. The topological polar surface area (TPSA) is 73.1 Å². The third-order valence-electron chi connectivity index (χ3n) is 4.82. The lowest BCUT2D eigenvalue weighted by Gasteiger charge is -2.32. The molecule has 3 aromatic rings. The Hall–Kier alpha value is -3.22. The Morgan fingerprint density at radius 1 is 1.11 bits per heavy atom. The van der Waals surface area contributed by atoms with Crippen molar-refractivity contribution in [3.8, 4) is 11.6 Å². The number of carbonyl (C=O) groups excluding carboxylic acids is 1. The van der Waals surface area contributed by atoms with Gasteiger partial charge in [0, 0.05) is 55.6 Å². The maximum atomic E-state index is 12.9. The van der Waals surface area contributed by atoms with Crippen LogP contribution in [0.5, 0.6) is 5.88 Å². The second-order valence-corrected chi connectivity index (χ2v) is 7.01. The van der Waals surface area contributed by atoms with E-state index in [4.69, 9.17) is 4.74 Å². The zero-order valence-corrected chi connectivity index (χ0v) is 16.1. The van der Waals surface area contributed by atoms with E-state index < -0.39 is 0 Å². The van der Waals surface area contributed by atoms with Gasteiger partial charge in [0.25, 0.3) is 5.91 Å². The number of ether oxygens (including phenoxy) is 1. The molecule has 0 unspecified atom stereocenters.